The Balaban J connectivity index is 1.90. The Bertz CT molecular complexity index is 1210. The maximum absolute atomic E-state index is 13.0. The molecule has 11 heteroatoms. The van der Waals surface area contributed by atoms with Gasteiger partial charge >= 0.3 is 6.18 Å². The zero-order valence-corrected chi connectivity index (χ0v) is 18.2. The molecule has 33 heavy (non-hydrogen) atoms. The van der Waals surface area contributed by atoms with Crippen LogP contribution in [0.4, 0.5) is 18.9 Å². The molecule has 0 bridgehead atoms. The Kier molecular flexibility index (Phi) is 6.31. The average Bonchev–Trinajstić information content (AvgIpc) is 3.54. The summed E-state index contributed by atoms with van der Waals surface area (Å²) in [6, 6.07) is 7.65. The summed E-state index contributed by atoms with van der Waals surface area (Å²) >= 11 is 0. The summed E-state index contributed by atoms with van der Waals surface area (Å²) in [5.74, 6) is -1.18. The molecule has 3 rings (SSSR count). The van der Waals surface area contributed by atoms with Gasteiger partial charge in [0, 0.05) is 17.5 Å². The van der Waals surface area contributed by atoms with Crippen LogP contribution >= 0.6 is 0 Å². The molecule has 0 unspecified atom stereocenters. The number of halogens is 3. The van der Waals surface area contributed by atoms with Crippen molar-refractivity contribution < 1.29 is 22.8 Å². The minimum atomic E-state index is -4.67. The van der Waals surface area contributed by atoms with Crippen molar-refractivity contribution in [3.05, 3.63) is 46.0 Å². The predicted molar refractivity (Wildman–Crippen MR) is 113 cm³/mol. The number of amides is 2. The lowest BCUT2D eigenvalue weighted by atomic mass is 10.1. The van der Waals surface area contributed by atoms with Crippen molar-refractivity contribution in [1.29, 1.82) is 5.26 Å². The number of hydrogen-bond donors (Lipinski definition) is 2. The number of alkyl halides is 3. The number of nitrogens with one attached hydrogen (secondary N) is 2. The third kappa shape index (κ3) is 5.39. The van der Waals surface area contributed by atoms with Gasteiger partial charge in [-0.25, -0.2) is 4.98 Å². The Morgan fingerprint density at radius 1 is 1.24 bits per heavy atom. The molecule has 1 fully saturated rings. The molecule has 1 aliphatic carbocycles. The van der Waals surface area contributed by atoms with E-state index in [-0.39, 0.29) is 23.3 Å². The summed E-state index contributed by atoms with van der Waals surface area (Å²) in [6.07, 6.45) is -3.11. The number of nitriles is 1. The fraction of sp³-hybridized carbons (Fsp3) is 0.409. The van der Waals surface area contributed by atoms with Gasteiger partial charge in [0.1, 0.15) is 17.9 Å². The van der Waals surface area contributed by atoms with Crippen LogP contribution in [0.2, 0.25) is 0 Å². The van der Waals surface area contributed by atoms with E-state index in [4.69, 9.17) is 0 Å². The van der Waals surface area contributed by atoms with E-state index >= 15 is 0 Å². The summed E-state index contributed by atoms with van der Waals surface area (Å²) in [7, 11) is 0. The maximum Gasteiger partial charge on any atom is 0.410 e. The van der Waals surface area contributed by atoms with Gasteiger partial charge in [-0.05, 0) is 51.8 Å². The molecule has 1 aliphatic rings. The molecule has 174 valence electrons. The second-order valence-electron chi connectivity index (χ2n) is 8.42. The molecule has 0 radical (unpaired) electrons. The zero-order valence-electron chi connectivity index (χ0n) is 18.2. The third-order valence-corrected chi connectivity index (χ3v) is 5.29. The van der Waals surface area contributed by atoms with Crippen LogP contribution in [-0.4, -0.2) is 33.1 Å². The van der Waals surface area contributed by atoms with Gasteiger partial charge in [0.25, 0.3) is 5.56 Å². The smallest absolute Gasteiger partial charge is 0.341 e. The molecule has 2 amide bonds. The molecular weight excluding hydrogens is 439 g/mol. The molecule has 1 saturated carbocycles. The van der Waals surface area contributed by atoms with E-state index in [1.165, 1.54) is 19.1 Å². The first-order valence-electron chi connectivity index (χ1n) is 10.1. The van der Waals surface area contributed by atoms with Crippen LogP contribution in [0.5, 0.6) is 0 Å². The molecular formula is C22H22F3N5O3. The topological polar surface area (TPSA) is 117 Å². The first kappa shape index (κ1) is 24.0. The Labute approximate surface area is 187 Å². The van der Waals surface area contributed by atoms with Crippen molar-refractivity contribution in [2.75, 3.05) is 5.32 Å². The molecule has 8 nitrogen and oxygen atoms in total. The van der Waals surface area contributed by atoms with E-state index in [1.54, 1.807) is 6.07 Å². The molecule has 2 N–H and O–H groups in total. The van der Waals surface area contributed by atoms with Crippen molar-refractivity contribution in [2.24, 2.45) is 5.92 Å². The van der Waals surface area contributed by atoms with E-state index in [2.05, 4.69) is 10.3 Å². The normalized spacial score (nSPS) is 13.8. The van der Waals surface area contributed by atoms with Crippen molar-refractivity contribution in [2.45, 2.75) is 51.9 Å². The molecule has 1 heterocycles. The predicted octanol–water partition coefficient (Wildman–Crippen LogP) is 2.90. The van der Waals surface area contributed by atoms with Crippen molar-refractivity contribution >= 4 is 17.5 Å². The minimum absolute atomic E-state index is 0.0919. The van der Waals surface area contributed by atoms with Gasteiger partial charge in [0.15, 0.2) is 0 Å². The summed E-state index contributed by atoms with van der Waals surface area (Å²) < 4.78 is 40.0. The van der Waals surface area contributed by atoms with Gasteiger partial charge < -0.3 is 10.6 Å². The largest absolute Gasteiger partial charge is 0.410 e. The molecule has 0 atom stereocenters. The van der Waals surface area contributed by atoms with Crippen LogP contribution < -0.4 is 16.2 Å². The average molecular weight is 461 g/mol. The van der Waals surface area contributed by atoms with E-state index < -0.39 is 29.7 Å². The molecule has 0 saturated heterocycles. The summed E-state index contributed by atoms with van der Waals surface area (Å²) in [6.45, 7) is 2.45. The highest BCUT2D eigenvalue weighted by atomic mass is 19.4. The lowest BCUT2D eigenvalue weighted by Gasteiger charge is -2.29. The van der Waals surface area contributed by atoms with Crippen molar-refractivity contribution in [1.82, 2.24) is 14.9 Å². The highest BCUT2D eigenvalue weighted by molar-refractivity contribution is 5.97. The quantitative estimate of drug-likeness (QED) is 0.686. The fourth-order valence-corrected chi connectivity index (χ4v) is 3.08. The van der Waals surface area contributed by atoms with E-state index in [0.717, 1.165) is 37.3 Å². The standard InChI is InChI=1S/C22H22F3N5O3/c1-12-27-17(9-19(32)30(12)11-18(31)29-21(2,3)22(23,24)25)15-7-4-13(10-26)8-16(15)28-20(33)14-5-6-14/h4,7-9,14H,5-6,11H2,1-3H3,(H,28,33)(H,29,31). The lowest BCUT2D eigenvalue weighted by molar-refractivity contribution is -0.188. The number of nitrogens with zero attached hydrogens (tertiary/aromatic N) is 3. The Morgan fingerprint density at radius 3 is 2.45 bits per heavy atom. The highest BCUT2D eigenvalue weighted by Gasteiger charge is 2.48. The van der Waals surface area contributed by atoms with Crippen LogP contribution in [-0.2, 0) is 16.1 Å². The zero-order chi connectivity index (χ0) is 24.6. The number of benzene rings is 1. The number of aromatic nitrogens is 2. The van der Waals surface area contributed by atoms with Gasteiger partial charge in [0.05, 0.1) is 23.0 Å². The monoisotopic (exact) mass is 461 g/mol. The number of rotatable bonds is 6. The number of carbonyl (C=O) groups excluding carboxylic acids is 2. The fourth-order valence-electron chi connectivity index (χ4n) is 3.08. The van der Waals surface area contributed by atoms with Crippen LogP contribution in [0.25, 0.3) is 11.3 Å². The van der Waals surface area contributed by atoms with Gasteiger partial charge in [0.2, 0.25) is 11.8 Å². The van der Waals surface area contributed by atoms with Crippen LogP contribution in [0, 0.1) is 24.2 Å². The summed E-state index contributed by atoms with van der Waals surface area (Å²) in [4.78, 5) is 41.4. The molecule has 1 aromatic heterocycles. The molecule has 0 aliphatic heterocycles. The second-order valence-corrected chi connectivity index (χ2v) is 8.42. The first-order chi connectivity index (χ1) is 15.3. The van der Waals surface area contributed by atoms with Crippen molar-refractivity contribution in [3.8, 4) is 17.3 Å². The SMILES string of the molecule is Cc1nc(-c2ccc(C#N)cc2NC(=O)C2CC2)cc(=O)n1CC(=O)NC(C)(C)C(F)(F)F. The second kappa shape index (κ2) is 8.69. The van der Waals surface area contributed by atoms with Gasteiger partial charge in [-0.3, -0.25) is 19.0 Å². The van der Waals surface area contributed by atoms with Gasteiger partial charge in [-0.2, -0.15) is 18.4 Å². The van der Waals surface area contributed by atoms with Crippen LogP contribution in [0.3, 0.4) is 0 Å². The van der Waals surface area contributed by atoms with Crippen LogP contribution in [0.15, 0.2) is 29.1 Å². The van der Waals surface area contributed by atoms with E-state index in [0.29, 0.717) is 16.8 Å². The van der Waals surface area contributed by atoms with E-state index in [9.17, 15) is 32.8 Å². The van der Waals surface area contributed by atoms with Crippen molar-refractivity contribution in [3.63, 3.8) is 0 Å². The highest BCUT2D eigenvalue weighted by Crippen LogP contribution is 2.33. The van der Waals surface area contributed by atoms with Gasteiger partial charge in [-0.1, -0.05) is 0 Å². The lowest BCUT2D eigenvalue weighted by Crippen LogP contribution is -2.55. The number of carbonyl (C=O) groups is 2. The number of anilines is 1. The number of aryl methyl sites for hydroxylation is 1. The van der Waals surface area contributed by atoms with Gasteiger partial charge in [-0.15, -0.1) is 0 Å². The molecule has 0 spiro atoms. The number of hydrogen-bond acceptors (Lipinski definition) is 5. The Morgan fingerprint density at radius 2 is 1.91 bits per heavy atom. The Hall–Kier alpha value is -3.68. The first-order valence-corrected chi connectivity index (χ1v) is 10.1. The van der Waals surface area contributed by atoms with Crippen LogP contribution in [0.1, 0.15) is 38.1 Å². The summed E-state index contributed by atoms with van der Waals surface area (Å²) in [5, 5.41) is 13.8. The van der Waals surface area contributed by atoms with E-state index in [1.807, 2.05) is 11.4 Å². The maximum atomic E-state index is 13.0. The minimum Gasteiger partial charge on any atom is -0.341 e. The molecule has 2 aromatic rings. The molecule has 1 aromatic carbocycles. The third-order valence-electron chi connectivity index (χ3n) is 5.29. The summed E-state index contributed by atoms with van der Waals surface area (Å²) in [5.41, 5.74) is -1.90.